The largest absolute Gasteiger partial charge is 0.507 e. The molecule has 1 fully saturated rings. The number of hydrogen-bond donors (Lipinski definition) is 2. The van der Waals surface area contributed by atoms with E-state index in [1.54, 1.807) is 0 Å². The summed E-state index contributed by atoms with van der Waals surface area (Å²) in [4.78, 5) is 0.935. The van der Waals surface area contributed by atoms with Crippen molar-refractivity contribution in [2.45, 2.75) is 38.1 Å². The highest BCUT2D eigenvalue weighted by atomic mass is 32.2. The molecule has 0 atom stereocenters. The second-order valence-corrected chi connectivity index (χ2v) is 9.66. The number of hydrogen-bond acceptors (Lipinski definition) is 3. The van der Waals surface area contributed by atoms with Crippen LogP contribution in [0.15, 0.2) is 41.3 Å². The highest BCUT2D eigenvalue weighted by Crippen LogP contribution is 2.27. The lowest BCUT2D eigenvalue weighted by atomic mass is 9.95. The van der Waals surface area contributed by atoms with E-state index in [0.29, 0.717) is 38.6 Å². The number of nitrogens with one attached hydrogen (secondary N) is 1. The maximum atomic E-state index is 13.9. The molecule has 0 aromatic heterocycles. The third-order valence-corrected chi connectivity index (χ3v) is 7.35. The molecule has 2 N–H and O–H groups in total. The van der Waals surface area contributed by atoms with Gasteiger partial charge in [0, 0.05) is 5.56 Å². The zero-order valence-corrected chi connectivity index (χ0v) is 17.4. The molecule has 1 saturated heterocycles. The first kappa shape index (κ1) is 20.8. The summed E-state index contributed by atoms with van der Waals surface area (Å²) < 4.78 is 40.7. The molecule has 1 aliphatic heterocycles. The van der Waals surface area contributed by atoms with Gasteiger partial charge in [0.1, 0.15) is 23.0 Å². The SMILES string of the molecule is Cc1cc(O)c(C[NH+]2CCN(S(=O)(=O)c3ccccc3F)CC2)cc1C(C)C. The van der Waals surface area contributed by atoms with E-state index in [9.17, 15) is 17.9 Å². The van der Waals surface area contributed by atoms with Crippen molar-refractivity contribution in [2.75, 3.05) is 26.2 Å². The normalized spacial score (nSPS) is 16.6. The second kappa shape index (κ2) is 8.19. The standard InChI is InChI=1S/C21H27FN2O3S/c1-15(2)18-13-17(20(25)12-16(18)3)14-23-8-10-24(11-9-23)28(26,27)21-7-5-4-6-19(21)22/h4-7,12-13,15,25H,8-11,14H2,1-3H3/p+1. The predicted octanol–water partition coefficient (Wildman–Crippen LogP) is 2.05. The summed E-state index contributed by atoms with van der Waals surface area (Å²) in [6, 6.07) is 9.36. The molecule has 0 radical (unpaired) electrons. The Morgan fingerprint density at radius 1 is 1.18 bits per heavy atom. The predicted molar refractivity (Wildman–Crippen MR) is 106 cm³/mol. The van der Waals surface area contributed by atoms with Crippen LogP contribution in [0.5, 0.6) is 5.75 Å². The molecule has 0 aliphatic carbocycles. The van der Waals surface area contributed by atoms with Crippen LogP contribution < -0.4 is 4.90 Å². The number of aromatic hydroxyl groups is 1. The molecule has 0 unspecified atom stereocenters. The van der Waals surface area contributed by atoms with Crippen molar-refractivity contribution in [2.24, 2.45) is 0 Å². The van der Waals surface area contributed by atoms with Crippen LogP contribution in [-0.2, 0) is 16.6 Å². The van der Waals surface area contributed by atoms with E-state index < -0.39 is 15.8 Å². The molecule has 5 nitrogen and oxygen atoms in total. The molecule has 0 saturated carbocycles. The number of halogens is 1. The lowest BCUT2D eigenvalue weighted by Crippen LogP contribution is -3.13. The lowest BCUT2D eigenvalue weighted by molar-refractivity contribution is -0.917. The molecule has 0 bridgehead atoms. The third-order valence-electron chi connectivity index (χ3n) is 5.41. The van der Waals surface area contributed by atoms with Crippen LogP contribution >= 0.6 is 0 Å². The molecule has 152 valence electrons. The van der Waals surface area contributed by atoms with Gasteiger partial charge in [0.2, 0.25) is 10.0 Å². The van der Waals surface area contributed by atoms with E-state index in [2.05, 4.69) is 19.9 Å². The second-order valence-electron chi connectivity index (χ2n) is 7.75. The summed E-state index contributed by atoms with van der Waals surface area (Å²) in [5.41, 5.74) is 3.18. The molecule has 1 aliphatic rings. The van der Waals surface area contributed by atoms with Crippen LogP contribution in [0.4, 0.5) is 4.39 Å². The fourth-order valence-electron chi connectivity index (χ4n) is 3.80. The number of phenolic OH excluding ortho intramolecular Hbond substituents is 1. The first-order chi connectivity index (χ1) is 13.2. The van der Waals surface area contributed by atoms with Crippen molar-refractivity contribution < 1.29 is 22.8 Å². The zero-order chi connectivity index (χ0) is 20.5. The Labute approximate surface area is 166 Å². The van der Waals surface area contributed by atoms with Gasteiger partial charge >= 0.3 is 0 Å². The maximum Gasteiger partial charge on any atom is 0.246 e. The summed E-state index contributed by atoms with van der Waals surface area (Å²) >= 11 is 0. The molecule has 7 heteroatoms. The van der Waals surface area contributed by atoms with Gasteiger partial charge in [0.05, 0.1) is 26.2 Å². The minimum Gasteiger partial charge on any atom is -0.507 e. The number of aryl methyl sites for hydroxylation is 1. The minimum atomic E-state index is -3.83. The number of quaternary nitrogens is 1. The van der Waals surface area contributed by atoms with Gasteiger partial charge in [-0.1, -0.05) is 26.0 Å². The van der Waals surface area contributed by atoms with Crippen LogP contribution in [0.3, 0.4) is 0 Å². The van der Waals surface area contributed by atoms with E-state index >= 15 is 0 Å². The van der Waals surface area contributed by atoms with Crippen molar-refractivity contribution in [3.63, 3.8) is 0 Å². The van der Waals surface area contributed by atoms with Crippen molar-refractivity contribution in [1.82, 2.24) is 4.31 Å². The first-order valence-corrected chi connectivity index (χ1v) is 11.0. The van der Waals surface area contributed by atoms with E-state index in [0.717, 1.165) is 11.1 Å². The van der Waals surface area contributed by atoms with Crippen molar-refractivity contribution in [1.29, 1.82) is 0 Å². The van der Waals surface area contributed by atoms with Gasteiger partial charge in [-0.2, -0.15) is 4.31 Å². The summed E-state index contributed by atoms with van der Waals surface area (Å²) in [6.07, 6.45) is 0. The van der Waals surface area contributed by atoms with Gasteiger partial charge in [0.25, 0.3) is 0 Å². The number of nitrogens with zero attached hydrogens (tertiary/aromatic N) is 1. The number of benzene rings is 2. The topological polar surface area (TPSA) is 62.1 Å². The molecule has 0 spiro atoms. The molecule has 3 rings (SSSR count). The van der Waals surface area contributed by atoms with Gasteiger partial charge in [-0.25, -0.2) is 12.8 Å². The Bertz CT molecular complexity index is 952. The van der Waals surface area contributed by atoms with E-state index in [1.807, 2.05) is 13.0 Å². The average Bonchev–Trinajstić information content (AvgIpc) is 2.64. The molecule has 2 aromatic carbocycles. The first-order valence-electron chi connectivity index (χ1n) is 9.60. The summed E-state index contributed by atoms with van der Waals surface area (Å²) in [5.74, 6) is -0.0593. The molecular weight excluding hydrogens is 379 g/mol. The van der Waals surface area contributed by atoms with Crippen LogP contribution in [0.1, 0.15) is 36.5 Å². The number of rotatable bonds is 5. The highest BCUT2D eigenvalue weighted by Gasteiger charge is 2.32. The summed E-state index contributed by atoms with van der Waals surface area (Å²) in [6.45, 7) is 8.77. The van der Waals surface area contributed by atoms with Crippen LogP contribution in [0, 0.1) is 12.7 Å². The van der Waals surface area contributed by atoms with Crippen molar-refractivity contribution >= 4 is 10.0 Å². The Morgan fingerprint density at radius 2 is 1.82 bits per heavy atom. The fraction of sp³-hybridized carbons (Fsp3) is 0.429. The Hall–Kier alpha value is -1.96. The van der Waals surface area contributed by atoms with Crippen molar-refractivity contribution in [3.05, 3.63) is 58.9 Å². The zero-order valence-electron chi connectivity index (χ0n) is 16.6. The molecule has 28 heavy (non-hydrogen) atoms. The number of phenols is 1. The lowest BCUT2D eigenvalue weighted by Gasteiger charge is -2.32. The van der Waals surface area contributed by atoms with Crippen LogP contribution in [-0.4, -0.2) is 44.0 Å². The monoisotopic (exact) mass is 407 g/mol. The number of sulfonamides is 1. The Balaban J connectivity index is 1.70. The molecule has 0 amide bonds. The van der Waals surface area contributed by atoms with Gasteiger partial charge in [0.15, 0.2) is 0 Å². The molecule has 1 heterocycles. The molecule has 2 aromatic rings. The number of piperazine rings is 1. The summed E-state index contributed by atoms with van der Waals surface area (Å²) in [5, 5.41) is 10.3. The van der Waals surface area contributed by atoms with Gasteiger partial charge in [-0.05, 0) is 48.2 Å². The van der Waals surface area contributed by atoms with Gasteiger partial charge in [-0.15, -0.1) is 0 Å². The average molecular weight is 408 g/mol. The Kier molecular flexibility index (Phi) is 6.07. The third kappa shape index (κ3) is 4.21. The molecular formula is C21H28FN2O3S+. The quantitative estimate of drug-likeness (QED) is 0.798. The van der Waals surface area contributed by atoms with Crippen LogP contribution in [0.2, 0.25) is 0 Å². The maximum absolute atomic E-state index is 13.9. The fourth-order valence-corrected chi connectivity index (χ4v) is 5.31. The minimum absolute atomic E-state index is 0.267. The smallest absolute Gasteiger partial charge is 0.246 e. The van der Waals surface area contributed by atoms with Gasteiger partial charge in [-0.3, -0.25) is 0 Å². The van der Waals surface area contributed by atoms with Gasteiger partial charge < -0.3 is 10.0 Å². The van der Waals surface area contributed by atoms with E-state index in [1.165, 1.54) is 39.0 Å². The van der Waals surface area contributed by atoms with Crippen molar-refractivity contribution in [3.8, 4) is 5.75 Å². The van der Waals surface area contributed by atoms with Crippen LogP contribution in [0.25, 0.3) is 0 Å². The Morgan fingerprint density at radius 3 is 2.43 bits per heavy atom. The van der Waals surface area contributed by atoms with E-state index in [-0.39, 0.29) is 10.6 Å². The summed E-state index contributed by atoms with van der Waals surface area (Å²) in [7, 11) is -3.83. The highest BCUT2D eigenvalue weighted by molar-refractivity contribution is 7.89. The van der Waals surface area contributed by atoms with E-state index in [4.69, 9.17) is 0 Å².